The summed E-state index contributed by atoms with van der Waals surface area (Å²) in [5, 5.41) is 10.5. The maximum Gasteiger partial charge on any atom is 0.318 e. The zero-order chi connectivity index (χ0) is 14.4. The van der Waals surface area contributed by atoms with Crippen molar-refractivity contribution >= 4 is 17.4 Å². The zero-order valence-electron chi connectivity index (χ0n) is 10.5. The molecule has 7 nitrogen and oxygen atoms in total. The molecule has 7 heteroatoms. The number of nitro benzene ring substituents is 1. The van der Waals surface area contributed by atoms with Gasteiger partial charge in [-0.05, 0) is 12.1 Å². The van der Waals surface area contributed by atoms with Crippen molar-refractivity contribution in [3.8, 4) is 0 Å². The fourth-order valence-electron chi connectivity index (χ4n) is 1.51. The Bertz CT molecular complexity index is 481. The highest BCUT2D eigenvalue weighted by Crippen LogP contribution is 2.16. The van der Waals surface area contributed by atoms with Crippen LogP contribution in [0.4, 0.5) is 5.69 Å². The molecule has 0 bridgehead atoms. The highest BCUT2D eigenvalue weighted by atomic mass is 16.6. The van der Waals surface area contributed by atoms with Crippen molar-refractivity contribution in [1.29, 1.82) is 0 Å². The van der Waals surface area contributed by atoms with Crippen molar-refractivity contribution in [3.05, 3.63) is 39.9 Å². The summed E-state index contributed by atoms with van der Waals surface area (Å²) in [6.07, 6.45) is 0. The van der Waals surface area contributed by atoms with Crippen LogP contribution in [0.5, 0.6) is 0 Å². The second kappa shape index (κ2) is 6.60. The highest BCUT2D eigenvalue weighted by molar-refractivity contribution is 6.08. The van der Waals surface area contributed by atoms with Crippen molar-refractivity contribution in [2.24, 2.45) is 5.92 Å². The number of Topliss-reactive ketones (excluding diaryl/α,β-unsaturated/α-hetero) is 1. The van der Waals surface area contributed by atoms with E-state index in [1.165, 1.54) is 38.5 Å². The lowest BCUT2D eigenvalue weighted by Gasteiger charge is -2.12. The van der Waals surface area contributed by atoms with Crippen LogP contribution in [0.15, 0.2) is 24.3 Å². The number of non-ortho nitro benzene ring substituents is 1. The third-order valence-electron chi connectivity index (χ3n) is 2.50. The van der Waals surface area contributed by atoms with Gasteiger partial charge in [0.1, 0.15) is 5.92 Å². The van der Waals surface area contributed by atoms with Crippen molar-refractivity contribution in [2.45, 2.75) is 0 Å². The van der Waals surface area contributed by atoms with E-state index in [-0.39, 0.29) is 17.9 Å². The molecule has 0 amide bonds. The van der Waals surface area contributed by atoms with Gasteiger partial charge in [0.25, 0.3) is 5.69 Å². The molecule has 1 rings (SSSR count). The van der Waals surface area contributed by atoms with Crippen LogP contribution in [-0.4, -0.2) is 37.5 Å². The number of rotatable bonds is 6. The Balaban J connectivity index is 2.96. The first-order valence-corrected chi connectivity index (χ1v) is 5.36. The summed E-state index contributed by atoms with van der Waals surface area (Å²) in [6.45, 7) is -0.109. The van der Waals surface area contributed by atoms with E-state index in [1.807, 2.05) is 0 Å². The Labute approximate surface area is 109 Å². The Morgan fingerprint density at radius 3 is 2.26 bits per heavy atom. The van der Waals surface area contributed by atoms with Gasteiger partial charge in [0.2, 0.25) is 0 Å². The smallest absolute Gasteiger partial charge is 0.318 e. The van der Waals surface area contributed by atoms with Crippen LogP contribution in [-0.2, 0) is 14.3 Å². The number of ether oxygens (including phenoxy) is 2. The fourth-order valence-corrected chi connectivity index (χ4v) is 1.51. The minimum Gasteiger partial charge on any atom is -0.468 e. The van der Waals surface area contributed by atoms with Crippen LogP contribution < -0.4 is 0 Å². The van der Waals surface area contributed by atoms with Crippen LogP contribution in [0.3, 0.4) is 0 Å². The van der Waals surface area contributed by atoms with Gasteiger partial charge >= 0.3 is 5.97 Å². The van der Waals surface area contributed by atoms with Gasteiger partial charge < -0.3 is 9.47 Å². The van der Waals surface area contributed by atoms with E-state index >= 15 is 0 Å². The number of ketones is 1. The molecule has 1 unspecified atom stereocenters. The second-order valence-corrected chi connectivity index (χ2v) is 3.70. The fraction of sp³-hybridized carbons (Fsp3) is 0.333. The molecule has 0 saturated carbocycles. The summed E-state index contributed by atoms with van der Waals surface area (Å²) in [5.41, 5.74) is 0.0657. The molecule has 0 N–H and O–H groups in total. The highest BCUT2D eigenvalue weighted by Gasteiger charge is 2.28. The molecule has 1 atom stereocenters. The first kappa shape index (κ1) is 14.8. The van der Waals surface area contributed by atoms with E-state index < -0.39 is 22.6 Å². The average molecular weight is 267 g/mol. The van der Waals surface area contributed by atoms with Crippen molar-refractivity contribution < 1.29 is 24.0 Å². The molecular formula is C12H13NO6. The first-order chi connectivity index (χ1) is 9.01. The van der Waals surface area contributed by atoms with E-state index in [0.717, 1.165) is 0 Å². The monoisotopic (exact) mass is 267 g/mol. The second-order valence-electron chi connectivity index (χ2n) is 3.70. The summed E-state index contributed by atoms with van der Waals surface area (Å²) in [7, 11) is 2.53. The average Bonchev–Trinajstić information content (AvgIpc) is 2.43. The van der Waals surface area contributed by atoms with Crippen LogP contribution in [0.1, 0.15) is 10.4 Å². The number of benzene rings is 1. The molecule has 0 fully saturated rings. The van der Waals surface area contributed by atoms with Gasteiger partial charge in [0.05, 0.1) is 18.6 Å². The van der Waals surface area contributed by atoms with E-state index in [2.05, 4.69) is 4.74 Å². The van der Waals surface area contributed by atoms with E-state index in [4.69, 9.17) is 4.74 Å². The Hall–Kier alpha value is -2.28. The number of nitrogens with zero attached hydrogens (tertiary/aromatic N) is 1. The summed E-state index contributed by atoms with van der Waals surface area (Å²) < 4.78 is 9.32. The number of hydrogen-bond acceptors (Lipinski definition) is 6. The minimum atomic E-state index is -1.07. The lowest BCUT2D eigenvalue weighted by Crippen LogP contribution is -2.29. The van der Waals surface area contributed by atoms with Gasteiger partial charge in [0, 0.05) is 24.8 Å². The molecule has 0 spiro atoms. The Morgan fingerprint density at radius 2 is 1.84 bits per heavy atom. The molecule has 1 aromatic carbocycles. The number of nitro groups is 1. The van der Waals surface area contributed by atoms with E-state index in [9.17, 15) is 19.7 Å². The largest absolute Gasteiger partial charge is 0.468 e. The normalized spacial score (nSPS) is 11.7. The SMILES string of the molecule is COCC(C(=O)OC)C(=O)c1ccc([N+](=O)[O-])cc1. The maximum absolute atomic E-state index is 12.1. The molecule has 0 aliphatic rings. The lowest BCUT2D eigenvalue weighted by atomic mass is 9.98. The van der Waals surface area contributed by atoms with Crippen LogP contribution in [0, 0.1) is 16.0 Å². The maximum atomic E-state index is 12.1. The van der Waals surface area contributed by atoms with Gasteiger partial charge in [-0.2, -0.15) is 0 Å². The molecule has 0 radical (unpaired) electrons. The molecule has 0 heterocycles. The standard InChI is InChI=1S/C12H13NO6/c1-18-7-10(12(15)19-2)11(14)8-3-5-9(6-4-8)13(16)17/h3-6,10H,7H2,1-2H3. The van der Waals surface area contributed by atoms with Crippen molar-refractivity contribution in [2.75, 3.05) is 20.8 Å². The minimum absolute atomic E-state index is 0.109. The predicted molar refractivity (Wildman–Crippen MR) is 64.8 cm³/mol. The molecular weight excluding hydrogens is 254 g/mol. The van der Waals surface area contributed by atoms with Crippen LogP contribution in [0.25, 0.3) is 0 Å². The molecule has 0 saturated heterocycles. The Morgan fingerprint density at radius 1 is 1.26 bits per heavy atom. The third-order valence-corrected chi connectivity index (χ3v) is 2.50. The molecule has 1 aromatic rings. The molecule has 0 aliphatic heterocycles. The molecule has 102 valence electrons. The Kier molecular flexibility index (Phi) is 5.13. The number of carbonyl (C=O) groups excluding carboxylic acids is 2. The van der Waals surface area contributed by atoms with Gasteiger partial charge in [-0.3, -0.25) is 19.7 Å². The number of esters is 1. The summed E-state index contributed by atoms with van der Waals surface area (Å²) in [5.74, 6) is -2.27. The number of carbonyl (C=O) groups is 2. The number of methoxy groups -OCH3 is 2. The van der Waals surface area contributed by atoms with Gasteiger partial charge in [0.15, 0.2) is 5.78 Å². The van der Waals surface area contributed by atoms with Gasteiger partial charge in [-0.1, -0.05) is 0 Å². The summed E-state index contributed by atoms with van der Waals surface area (Å²) >= 11 is 0. The first-order valence-electron chi connectivity index (χ1n) is 5.36. The zero-order valence-corrected chi connectivity index (χ0v) is 10.5. The topological polar surface area (TPSA) is 95.7 Å². The quantitative estimate of drug-likeness (QED) is 0.253. The van der Waals surface area contributed by atoms with Gasteiger partial charge in [-0.15, -0.1) is 0 Å². The molecule has 0 aromatic heterocycles. The molecule has 19 heavy (non-hydrogen) atoms. The lowest BCUT2D eigenvalue weighted by molar-refractivity contribution is -0.384. The van der Waals surface area contributed by atoms with Gasteiger partial charge in [-0.25, -0.2) is 0 Å². The molecule has 0 aliphatic carbocycles. The van der Waals surface area contributed by atoms with Crippen molar-refractivity contribution in [3.63, 3.8) is 0 Å². The van der Waals surface area contributed by atoms with Crippen LogP contribution >= 0.6 is 0 Å². The summed E-state index contributed by atoms with van der Waals surface area (Å²) in [6, 6.07) is 5.00. The van der Waals surface area contributed by atoms with E-state index in [1.54, 1.807) is 0 Å². The third kappa shape index (κ3) is 3.59. The predicted octanol–water partition coefficient (Wildman–Crippen LogP) is 1.21. The van der Waals surface area contributed by atoms with Crippen molar-refractivity contribution in [1.82, 2.24) is 0 Å². The van der Waals surface area contributed by atoms with Crippen LogP contribution in [0.2, 0.25) is 0 Å². The van der Waals surface area contributed by atoms with E-state index in [0.29, 0.717) is 0 Å². The number of hydrogen-bond donors (Lipinski definition) is 0. The summed E-state index contributed by atoms with van der Waals surface area (Å²) in [4.78, 5) is 33.5.